The lowest BCUT2D eigenvalue weighted by molar-refractivity contribution is -0.141. The van der Waals surface area contributed by atoms with Crippen molar-refractivity contribution in [2.45, 2.75) is 12.6 Å². The highest BCUT2D eigenvalue weighted by atomic mass is 19.4. The number of halogens is 3. The summed E-state index contributed by atoms with van der Waals surface area (Å²) >= 11 is 0. The molecule has 0 saturated heterocycles. The van der Waals surface area contributed by atoms with Gasteiger partial charge in [-0.15, -0.1) is 10.2 Å². The zero-order valence-corrected chi connectivity index (χ0v) is 11.3. The summed E-state index contributed by atoms with van der Waals surface area (Å²) in [6.45, 7) is 0.971. The van der Waals surface area contributed by atoms with Crippen molar-refractivity contribution in [2.24, 2.45) is 0 Å². The van der Waals surface area contributed by atoms with Crippen molar-refractivity contribution in [3.8, 4) is 0 Å². The molecule has 21 heavy (non-hydrogen) atoms. The Morgan fingerprint density at radius 3 is 2.62 bits per heavy atom. The second-order valence-electron chi connectivity index (χ2n) is 4.94. The number of alkyl halides is 3. The topological polar surface area (TPSA) is 41.0 Å². The molecule has 0 saturated carbocycles. The van der Waals surface area contributed by atoms with Gasteiger partial charge in [0.15, 0.2) is 11.5 Å². The van der Waals surface area contributed by atoms with E-state index >= 15 is 0 Å². The third-order valence-electron chi connectivity index (χ3n) is 3.44. The largest absolute Gasteiger partial charge is 0.435 e. The number of nitrogens with one attached hydrogen (secondary N) is 1. The number of hydrogen-bond acceptors (Lipinski definition) is 4. The summed E-state index contributed by atoms with van der Waals surface area (Å²) in [5.74, 6) is 0.281. The smallest absolute Gasteiger partial charge is 0.374 e. The van der Waals surface area contributed by atoms with Crippen LogP contribution in [0, 0.1) is 0 Å². The van der Waals surface area contributed by atoms with Crippen LogP contribution in [-0.4, -0.2) is 23.8 Å². The van der Waals surface area contributed by atoms with E-state index in [2.05, 4.69) is 20.4 Å². The normalized spacial score (nSPS) is 14.2. The zero-order valence-electron chi connectivity index (χ0n) is 11.3. The molecular weight excluding hydrogens is 281 g/mol. The second kappa shape index (κ2) is 4.91. The van der Waals surface area contributed by atoms with Crippen LogP contribution in [0.15, 0.2) is 30.3 Å². The Morgan fingerprint density at radius 2 is 1.95 bits per heavy atom. The first-order chi connectivity index (χ1) is 9.93. The first-order valence-corrected chi connectivity index (χ1v) is 6.45. The Bertz CT molecular complexity index is 652. The van der Waals surface area contributed by atoms with E-state index in [0.29, 0.717) is 0 Å². The molecule has 0 spiro atoms. The molecule has 0 radical (unpaired) electrons. The summed E-state index contributed by atoms with van der Waals surface area (Å²) < 4.78 is 37.2. The molecule has 1 aliphatic heterocycles. The van der Waals surface area contributed by atoms with Crippen LogP contribution < -0.4 is 10.2 Å². The molecule has 0 amide bonds. The van der Waals surface area contributed by atoms with Gasteiger partial charge in [-0.2, -0.15) is 13.2 Å². The second-order valence-corrected chi connectivity index (χ2v) is 4.94. The van der Waals surface area contributed by atoms with Gasteiger partial charge in [-0.1, -0.05) is 6.07 Å². The molecule has 4 nitrogen and oxygen atoms in total. The molecular formula is C14H13F3N4. The van der Waals surface area contributed by atoms with E-state index in [1.54, 1.807) is 0 Å². The molecule has 0 bridgehead atoms. The zero-order chi connectivity index (χ0) is 15.0. The summed E-state index contributed by atoms with van der Waals surface area (Å²) in [6.07, 6.45) is -3.46. The first-order valence-electron chi connectivity index (χ1n) is 6.45. The SMILES string of the molecule is CN1CCc2ccc(Nc3ccc(C(F)(F)F)nn3)cc21. The van der Waals surface area contributed by atoms with Gasteiger partial charge < -0.3 is 10.2 Å². The Kier molecular flexibility index (Phi) is 3.19. The van der Waals surface area contributed by atoms with Crippen molar-refractivity contribution < 1.29 is 13.2 Å². The van der Waals surface area contributed by atoms with E-state index in [-0.39, 0.29) is 5.82 Å². The quantitative estimate of drug-likeness (QED) is 0.923. The predicted octanol–water partition coefficient (Wildman–Crippen LogP) is 3.23. The van der Waals surface area contributed by atoms with E-state index in [9.17, 15) is 13.2 Å². The van der Waals surface area contributed by atoms with Crippen LogP contribution in [-0.2, 0) is 12.6 Å². The Balaban J connectivity index is 1.80. The molecule has 1 aliphatic rings. The third-order valence-corrected chi connectivity index (χ3v) is 3.44. The number of hydrogen-bond donors (Lipinski definition) is 1. The summed E-state index contributed by atoms with van der Waals surface area (Å²) in [6, 6.07) is 8.04. The van der Waals surface area contributed by atoms with Gasteiger partial charge in [0.2, 0.25) is 0 Å². The molecule has 7 heteroatoms. The van der Waals surface area contributed by atoms with Gasteiger partial charge >= 0.3 is 6.18 Å². The van der Waals surface area contributed by atoms with Gasteiger partial charge in [-0.3, -0.25) is 0 Å². The molecule has 110 valence electrons. The standard InChI is InChI=1S/C14H13F3N4/c1-21-7-6-9-2-3-10(8-11(9)21)18-13-5-4-12(19-20-13)14(15,16)17/h2-5,8H,6-7H2,1H3,(H,18,20). The van der Waals surface area contributed by atoms with Crippen molar-refractivity contribution in [3.05, 3.63) is 41.6 Å². The fourth-order valence-electron chi connectivity index (χ4n) is 2.31. The van der Waals surface area contributed by atoms with Gasteiger partial charge in [0, 0.05) is 25.0 Å². The maximum atomic E-state index is 12.4. The molecule has 1 aromatic carbocycles. The Hall–Kier alpha value is -2.31. The highest BCUT2D eigenvalue weighted by Gasteiger charge is 2.32. The number of likely N-dealkylation sites (N-methyl/N-ethyl adjacent to an activating group) is 1. The third kappa shape index (κ3) is 2.76. The van der Waals surface area contributed by atoms with E-state index < -0.39 is 11.9 Å². The molecule has 0 aliphatic carbocycles. The van der Waals surface area contributed by atoms with Gasteiger partial charge in [0.05, 0.1) is 0 Å². The lowest BCUT2D eigenvalue weighted by Crippen LogP contribution is -2.12. The van der Waals surface area contributed by atoms with Crippen LogP contribution in [0.2, 0.25) is 0 Å². The van der Waals surface area contributed by atoms with Crippen LogP contribution in [0.1, 0.15) is 11.3 Å². The number of rotatable bonds is 2. The van der Waals surface area contributed by atoms with Crippen molar-refractivity contribution in [1.29, 1.82) is 0 Å². The summed E-state index contributed by atoms with van der Waals surface area (Å²) in [5, 5.41) is 9.71. The van der Waals surface area contributed by atoms with Crippen LogP contribution in [0.25, 0.3) is 0 Å². The van der Waals surface area contributed by atoms with E-state index in [1.165, 1.54) is 11.6 Å². The van der Waals surface area contributed by atoms with Crippen molar-refractivity contribution in [2.75, 3.05) is 23.8 Å². The maximum absolute atomic E-state index is 12.4. The van der Waals surface area contributed by atoms with E-state index in [4.69, 9.17) is 0 Å². The highest BCUT2D eigenvalue weighted by Crippen LogP contribution is 2.31. The van der Waals surface area contributed by atoms with Crippen molar-refractivity contribution in [3.63, 3.8) is 0 Å². The van der Waals surface area contributed by atoms with Crippen LogP contribution in [0.4, 0.5) is 30.4 Å². The first kappa shape index (κ1) is 13.7. The minimum absolute atomic E-state index is 0.281. The minimum atomic E-state index is -4.47. The van der Waals surface area contributed by atoms with Gasteiger partial charge in [-0.05, 0) is 36.2 Å². The lowest BCUT2D eigenvalue weighted by atomic mass is 10.1. The number of anilines is 3. The predicted molar refractivity (Wildman–Crippen MR) is 73.7 cm³/mol. The van der Waals surface area contributed by atoms with Gasteiger partial charge in [0.1, 0.15) is 0 Å². The summed E-state index contributed by atoms with van der Waals surface area (Å²) in [4.78, 5) is 2.14. The van der Waals surface area contributed by atoms with Crippen molar-refractivity contribution >= 4 is 17.2 Å². The Labute approximate surface area is 119 Å². The fourth-order valence-corrected chi connectivity index (χ4v) is 2.31. The number of nitrogens with zero attached hydrogens (tertiary/aromatic N) is 3. The van der Waals surface area contributed by atoms with Crippen molar-refractivity contribution in [1.82, 2.24) is 10.2 Å². The highest BCUT2D eigenvalue weighted by molar-refractivity contribution is 5.68. The Morgan fingerprint density at radius 1 is 1.14 bits per heavy atom. The maximum Gasteiger partial charge on any atom is 0.435 e. The van der Waals surface area contributed by atoms with E-state index in [0.717, 1.165) is 30.4 Å². The monoisotopic (exact) mass is 294 g/mol. The molecule has 1 aromatic heterocycles. The summed E-state index contributed by atoms with van der Waals surface area (Å²) in [5.41, 5.74) is 2.17. The molecule has 2 aromatic rings. The molecule has 0 atom stereocenters. The molecule has 0 unspecified atom stereocenters. The van der Waals surface area contributed by atoms with Crippen LogP contribution in [0.3, 0.4) is 0 Å². The molecule has 3 rings (SSSR count). The van der Waals surface area contributed by atoms with Gasteiger partial charge in [-0.25, -0.2) is 0 Å². The molecule has 2 heterocycles. The number of aromatic nitrogens is 2. The minimum Gasteiger partial charge on any atom is -0.374 e. The fraction of sp³-hybridized carbons (Fsp3) is 0.286. The van der Waals surface area contributed by atoms with Crippen LogP contribution in [0.5, 0.6) is 0 Å². The number of benzene rings is 1. The van der Waals surface area contributed by atoms with Gasteiger partial charge in [0.25, 0.3) is 0 Å². The molecule has 0 fully saturated rings. The molecule has 1 N–H and O–H groups in total. The van der Waals surface area contributed by atoms with E-state index in [1.807, 2.05) is 25.2 Å². The average Bonchev–Trinajstić information content (AvgIpc) is 2.80. The van der Waals surface area contributed by atoms with Crippen LogP contribution >= 0.6 is 0 Å². The lowest BCUT2D eigenvalue weighted by Gasteiger charge is -2.13. The average molecular weight is 294 g/mol. The summed E-state index contributed by atoms with van der Waals surface area (Å²) in [7, 11) is 2.01. The number of fused-ring (bicyclic) bond motifs is 1.